The van der Waals surface area contributed by atoms with Gasteiger partial charge in [0.05, 0.1) is 0 Å². The molecule has 1 heterocycles. The van der Waals surface area contributed by atoms with Gasteiger partial charge in [-0.15, -0.1) is 0 Å². The molecule has 26 heavy (non-hydrogen) atoms. The average molecular weight is 363 g/mol. The SMILES string of the molecule is CC.CC(c1ccc(C(N)=O)cc1)C1CCN(C(=O)OC(C)(C)C)CC1. The minimum Gasteiger partial charge on any atom is -0.444 e. The molecule has 2 N–H and O–H groups in total. The van der Waals surface area contributed by atoms with Crippen LogP contribution in [0.1, 0.15) is 76.2 Å². The van der Waals surface area contributed by atoms with Gasteiger partial charge in [-0.05, 0) is 63.1 Å². The molecule has 0 aliphatic carbocycles. The van der Waals surface area contributed by atoms with E-state index in [0.717, 1.165) is 25.9 Å². The van der Waals surface area contributed by atoms with Gasteiger partial charge in [0.15, 0.2) is 0 Å². The highest BCUT2D eigenvalue weighted by Gasteiger charge is 2.29. The van der Waals surface area contributed by atoms with Gasteiger partial charge in [0.2, 0.25) is 5.91 Å². The highest BCUT2D eigenvalue weighted by molar-refractivity contribution is 5.92. The Hall–Kier alpha value is -2.04. The first-order valence-electron chi connectivity index (χ1n) is 9.55. The maximum absolute atomic E-state index is 12.1. The zero-order valence-corrected chi connectivity index (χ0v) is 17.0. The van der Waals surface area contributed by atoms with Crippen LogP contribution >= 0.6 is 0 Å². The van der Waals surface area contributed by atoms with E-state index in [4.69, 9.17) is 10.5 Å². The van der Waals surface area contributed by atoms with Crippen molar-refractivity contribution in [2.75, 3.05) is 13.1 Å². The number of nitrogens with two attached hydrogens (primary N) is 1. The number of carbonyl (C=O) groups is 2. The molecule has 5 nitrogen and oxygen atoms in total. The molecule has 0 spiro atoms. The Labute approximate surface area is 157 Å². The van der Waals surface area contributed by atoms with Crippen molar-refractivity contribution in [2.45, 2.75) is 65.9 Å². The van der Waals surface area contributed by atoms with Crippen LogP contribution in [-0.2, 0) is 4.74 Å². The van der Waals surface area contributed by atoms with E-state index in [9.17, 15) is 9.59 Å². The Balaban J connectivity index is 0.00000163. The molecule has 146 valence electrons. The zero-order valence-electron chi connectivity index (χ0n) is 17.0. The summed E-state index contributed by atoms with van der Waals surface area (Å²) in [5.74, 6) is 0.496. The fourth-order valence-electron chi connectivity index (χ4n) is 3.13. The fourth-order valence-corrected chi connectivity index (χ4v) is 3.13. The lowest BCUT2D eigenvalue weighted by atomic mass is 9.81. The van der Waals surface area contributed by atoms with E-state index in [2.05, 4.69) is 6.92 Å². The molecule has 5 heteroatoms. The standard InChI is InChI=1S/C19H28N2O3.C2H6/c1-13(14-5-7-16(8-6-14)17(20)22)15-9-11-21(12-10-15)18(23)24-19(2,3)4;1-2/h5-8,13,15H,9-12H2,1-4H3,(H2,20,22);1-2H3. The van der Waals surface area contributed by atoms with E-state index in [1.54, 1.807) is 17.0 Å². The second-order valence-corrected chi connectivity index (χ2v) is 7.58. The number of ether oxygens (including phenoxy) is 1. The molecule has 1 atom stereocenters. The minimum atomic E-state index is -0.455. The van der Waals surface area contributed by atoms with E-state index in [0.29, 0.717) is 17.4 Å². The van der Waals surface area contributed by atoms with Gasteiger partial charge in [0, 0.05) is 18.7 Å². The van der Waals surface area contributed by atoms with Crippen molar-refractivity contribution in [1.29, 1.82) is 0 Å². The maximum atomic E-state index is 12.1. The van der Waals surface area contributed by atoms with Crippen LogP contribution in [0.5, 0.6) is 0 Å². The molecule has 1 saturated heterocycles. The smallest absolute Gasteiger partial charge is 0.410 e. The van der Waals surface area contributed by atoms with E-state index >= 15 is 0 Å². The number of amides is 2. The normalized spacial score (nSPS) is 16.3. The number of rotatable bonds is 3. The van der Waals surface area contributed by atoms with Gasteiger partial charge in [-0.25, -0.2) is 4.79 Å². The van der Waals surface area contributed by atoms with Gasteiger partial charge in [-0.2, -0.15) is 0 Å². The summed E-state index contributed by atoms with van der Waals surface area (Å²) >= 11 is 0. The highest BCUT2D eigenvalue weighted by atomic mass is 16.6. The largest absolute Gasteiger partial charge is 0.444 e. The first-order valence-corrected chi connectivity index (χ1v) is 9.55. The average Bonchev–Trinajstić information content (AvgIpc) is 2.61. The summed E-state index contributed by atoms with van der Waals surface area (Å²) in [6, 6.07) is 7.52. The number of carbonyl (C=O) groups excluding carboxylic acids is 2. The Bertz CT molecular complexity index is 582. The summed E-state index contributed by atoms with van der Waals surface area (Å²) in [4.78, 5) is 25.1. The number of primary amides is 1. The van der Waals surface area contributed by atoms with Crippen molar-refractivity contribution in [3.63, 3.8) is 0 Å². The van der Waals surface area contributed by atoms with Crippen molar-refractivity contribution in [1.82, 2.24) is 4.90 Å². The van der Waals surface area contributed by atoms with E-state index in [-0.39, 0.29) is 6.09 Å². The summed E-state index contributed by atoms with van der Waals surface area (Å²) in [5, 5.41) is 0. The molecule has 1 aliphatic rings. The molecule has 1 unspecified atom stereocenters. The van der Waals surface area contributed by atoms with Crippen LogP contribution in [0.3, 0.4) is 0 Å². The van der Waals surface area contributed by atoms with Crippen LogP contribution in [0.25, 0.3) is 0 Å². The lowest BCUT2D eigenvalue weighted by Crippen LogP contribution is -2.42. The number of benzene rings is 1. The molecular formula is C21H34N2O3. The Morgan fingerprint density at radius 2 is 1.62 bits per heavy atom. The van der Waals surface area contributed by atoms with Crippen LogP contribution in [-0.4, -0.2) is 35.6 Å². The van der Waals surface area contributed by atoms with E-state index in [1.807, 2.05) is 46.8 Å². The number of likely N-dealkylation sites (tertiary alicyclic amines) is 1. The molecule has 1 fully saturated rings. The predicted octanol–water partition coefficient (Wildman–Crippen LogP) is 4.56. The maximum Gasteiger partial charge on any atom is 0.410 e. The summed E-state index contributed by atoms with van der Waals surface area (Å²) in [6.45, 7) is 13.3. The third-order valence-corrected chi connectivity index (χ3v) is 4.62. The van der Waals surface area contributed by atoms with Crippen LogP contribution in [0.2, 0.25) is 0 Å². The summed E-state index contributed by atoms with van der Waals surface area (Å²) in [6.07, 6.45) is 1.69. The first-order chi connectivity index (χ1) is 12.2. The summed E-state index contributed by atoms with van der Waals surface area (Å²) in [5.41, 5.74) is 6.56. The summed E-state index contributed by atoms with van der Waals surface area (Å²) in [7, 11) is 0. The molecule has 1 aromatic carbocycles. The quantitative estimate of drug-likeness (QED) is 0.856. The molecule has 0 aromatic heterocycles. The zero-order chi connectivity index (χ0) is 19.9. The monoisotopic (exact) mass is 362 g/mol. The Morgan fingerprint density at radius 3 is 2.04 bits per heavy atom. The number of hydrogen-bond donors (Lipinski definition) is 1. The highest BCUT2D eigenvalue weighted by Crippen LogP contribution is 2.32. The summed E-state index contributed by atoms with van der Waals surface area (Å²) < 4.78 is 5.44. The molecule has 0 radical (unpaired) electrons. The van der Waals surface area contributed by atoms with Crippen molar-refractivity contribution in [3.05, 3.63) is 35.4 Å². The molecule has 1 aromatic rings. The molecular weight excluding hydrogens is 328 g/mol. The second kappa shape index (κ2) is 9.60. The lowest BCUT2D eigenvalue weighted by molar-refractivity contribution is 0.0176. The molecule has 0 saturated carbocycles. The van der Waals surface area contributed by atoms with Crippen LogP contribution in [0.15, 0.2) is 24.3 Å². The predicted molar refractivity (Wildman–Crippen MR) is 105 cm³/mol. The third-order valence-electron chi connectivity index (χ3n) is 4.62. The van der Waals surface area contributed by atoms with E-state index < -0.39 is 11.5 Å². The van der Waals surface area contributed by atoms with Crippen LogP contribution in [0.4, 0.5) is 4.79 Å². The second-order valence-electron chi connectivity index (χ2n) is 7.58. The Morgan fingerprint density at radius 1 is 1.12 bits per heavy atom. The van der Waals surface area contributed by atoms with Crippen molar-refractivity contribution >= 4 is 12.0 Å². The van der Waals surface area contributed by atoms with Crippen LogP contribution < -0.4 is 5.73 Å². The fraction of sp³-hybridized carbons (Fsp3) is 0.619. The first kappa shape index (κ1) is 22.0. The molecule has 2 rings (SSSR count). The Kier molecular flexibility index (Phi) is 8.12. The minimum absolute atomic E-state index is 0.223. The van der Waals surface area contributed by atoms with E-state index in [1.165, 1.54) is 5.56 Å². The van der Waals surface area contributed by atoms with Gasteiger partial charge >= 0.3 is 6.09 Å². The lowest BCUT2D eigenvalue weighted by Gasteiger charge is -2.36. The molecule has 1 aliphatic heterocycles. The van der Waals surface area contributed by atoms with Crippen LogP contribution in [0, 0.1) is 5.92 Å². The third kappa shape index (κ3) is 6.36. The van der Waals surface area contributed by atoms with Gasteiger partial charge in [0.1, 0.15) is 5.60 Å². The van der Waals surface area contributed by atoms with Gasteiger partial charge in [-0.3, -0.25) is 4.79 Å². The molecule has 2 amide bonds. The van der Waals surface area contributed by atoms with Crippen molar-refractivity contribution < 1.29 is 14.3 Å². The molecule has 0 bridgehead atoms. The van der Waals surface area contributed by atoms with Gasteiger partial charge < -0.3 is 15.4 Å². The topological polar surface area (TPSA) is 72.6 Å². The number of hydrogen-bond acceptors (Lipinski definition) is 3. The van der Waals surface area contributed by atoms with Gasteiger partial charge in [0.25, 0.3) is 0 Å². The number of piperidine rings is 1. The van der Waals surface area contributed by atoms with Crippen molar-refractivity contribution in [2.24, 2.45) is 11.7 Å². The van der Waals surface area contributed by atoms with Crippen molar-refractivity contribution in [3.8, 4) is 0 Å². The number of nitrogens with zero attached hydrogens (tertiary/aromatic N) is 1. The van der Waals surface area contributed by atoms with Gasteiger partial charge in [-0.1, -0.05) is 32.9 Å².